The van der Waals surface area contributed by atoms with Crippen molar-refractivity contribution < 1.29 is 18.7 Å². The molecule has 1 aromatic carbocycles. The van der Waals surface area contributed by atoms with Crippen LogP contribution in [0.1, 0.15) is 23.0 Å². The van der Waals surface area contributed by atoms with Crippen molar-refractivity contribution in [2.75, 3.05) is 46.4 Å². The molecular weight excluding hydrogens is 396 g/mol. The number of aliphatic imine (C=N–C) groups is 1. The zero-order valence-corrected chi connectivity index (χ0v) is 18.0. The van der Waals surface area contributed by atoms with Gasteiger partial charge < -0.3 is 29.0 Å². The number of carbonyl (C=O) groups is 1. The molecule has 1 saturated heterocycles. The number of methoxy groups -OCH3 is 1. The molecule has 1 N–H and O–H groups in total. The largest absolute Gasteiger partial charge is 0.493 e. The number of benzene rings is 1. The Morgan fingerprint density at radius 1 is 1.23 bits per heavy atom. The number of ether oxygens (including phenoxy) is 2. The Kier molecular flexibility index (Phi) is 7.82. The lowest BCUT2D eigenvalue weighted by molar-refractivity contribution is 0.0657. The molecule has 1 aliphatic rings. The molecule has 0 bridgehead atoms. The Morgan fingerprint density at radius 3 is 2.65 bits per heavy atom. The van der Waals surface area contributed by atoms with E-state index in [0.29, 0.717) is 50.0 Å². The zero-order valence-electron chi connectivity index (χ0n) is 18.0. The smallest absolute Gasteiger partial charge is 0.289 e. The van der Waals surface area contributed by atoms with E-state index in [1.807, 2.05) is 25.1 Å². The summed E-state index contributed by atoms with van der Waals surface area (Å²) < 4.78 is 16.1. The Morgan fingerprint density at radius 2 is 2.00 bits per heavy atom. The van der Waals surface area contributed by atoms with Gasteiger partial charge in [-0.2, -0.15) is 0 Å². The van der Waals surface area contributed by atoms with Gasteiger partial charge in [0, 0.05) is 32.7 Å². The number of carbonyl (C=O) groups excluding carboxylic acids is 1. The SMILES string of the molecule is C#CCOc1cc(CN=C(NCC)N2CCN(C(=O)c3ccco3)CC2)ccc1OC. The van der Waals surface area contributed by atoms with E-state index in [1.165, 1.54) is 6.26 Å². The highest BCUT2D eigenvalue weighted by Gasteiger charge is 2.25. The molecule has 2 heterocycles. The summed E-state index contributed by atoms with van der Waals surface area (Å²) in [6.45, 7) is 6.04. The van der Waals surface area contributed by atoms with E-state index >= 15 is 0 Å². The standard InChI is InChI=1S/C23H28N4O4/c1-4-14-30-21-16-18(8-9-19(21)29-3)17-25-23(24-5-2)27-12-10-26(11-13-27)22(28)20-7-6-15-31-20/h1,6-9,15-16H,5,10-14,17H2,2-3H3,(H,24,25). The topological polar surface area (TPSA) is 79.5 Å². The van der Waals surface area contributed by atoms with E-state index in [2.05, 4.69) is 16.1 Å². The fourth-order valence-electron chi connectivity index (χ4n) is 3.32. The third-order valence-electron chi connectivity index (χ3n) is 4.88. The van der Waals surface area contributed by atoms with E-state index < -0.39 is 0 Å². The zero-order chi connectivity index (χ0) is 22.1. The molecule has 0 unspecified atom stereocenters. The minimum absolute atomic E-state index is 0.0793. The second kappa shape index (κ2) is 11.0. The van der Waals surface area contributed by atoms with Gasteiger partial charge in [0.1, 0.15) is 6.61 Å². The number of amides is 1. The highest BCUT2D eigenvalue weighted by Crippen LogP contribution is 2.28. The summed E-state index contributed by atoms with van der Waals surface area (Å²) >= 11 is 0. The van der Waals surface area contributed by atoms with Crippen LogP contribution in [0.5, 0.6) is 11.5 Å². The summed E-state index contributed by atoms with van der Waals surface area (Å²) in [5.41, 5.74) is 0.981. The van der Waals surface area contributed by atoms with E-state index in [1.54, 1.807) is 24.1 Å². The van der Waals surface area contributed by atoms with Crippen LogP contribution < -0.4 is 14.8 Å². The molecule has 0 saturated carbocycles. The van der Waals surface area contributed by atoms with Crippen LogP contribution in [-0.2, 0) is 6.54 Å². The van der Waals surface area contributed by atoms with Crippen molar-refractivity contribution in [1.82, 2.24) is 15.1 Å². The molecule has 1 amide bonds. The highest BCUT2D eigenvalue weighted by molar-refractivity contribution is 5.91. The van der Waals surface area contributed by atoms with Crippen molar-refractivity contribution in [2.24, 2.45) is 4.99 Å². The Balaban J connectivity index is 1.64. The Hall–Kier alpha value is -3.60. The predicted molar refractivity (Wildman–Crippen MR) is 118 cm³/mol. The van der Waals surface area contributed by atoms with Crippen molar-refractivity contribution in [3.8, 4) is 23.8 Å². The van der Waals surface area contributed by atoms with Gasteiger partial charge >= 0.3 is 0 Å². The second-order valence-corrected chi connectivity index (χ2v) is 6.90. The number of terminal acetylenes is 1. The van der Waals surface area contributed by atoms with Gasteiger partial charge in [-0.1, -0.05) is 12.0 Å². The van der Waals surface area contributed by atoms with Crippen molar-refractivity contribution in [2.45, 2.75) is 13.5 Å². The van der Waals surface area contributed by atoms with Crippen molar-refractivity contribution in [3.05, 3.63) is 47.9 Å². The van der Waals surface area contributed by atoms with Gasteiger partial charge in [0.05, 0.1) is 19.9 Å². The first-order chi connectivity index (χ1) is 15.2. The molecule has 1 fully saturated rings. The molecular formula is C23H28N4O4. The first-order valence-electron chi connectivity index (χ1n) is 10.3. The normalized spacial score (nSPS) is 14.2. The summed E-state index contributed by atoms with van der Waals surface area (Å²) in [7, 11) is 1.59. The summed E-state index contributed by atoms with van der Waals surface area (Å²) in [4.78, 5) is 21.2. The van der Waals surface area contributed by atoms with Gasteiger partial charge in [-0.15, -0.1) is 6.42 Å². The molecule has 8 heteroatoms. The molecule has 0 aliphatic carbocycles. The first kappa shape index (κ1) is 22.1. The average Bonchev–Trinajstić information content (AvgIpc) is 3.35. The third-order valence-corrected chi connectivity index (χ3v) is 4.88. The van der Waals surface area contributed by atoms with Crippen LogP contribution in [0.15, 0.2) is 46.0 Å². The quantitative estimate of drug-likeness (QED) is 0.417. The van der Waals surface area contributed by atoms with Gasteiger partial charge in [-0.25, -0.2) is 4.99 Å². The maximum absolute atomic E-state index is 12.5. The van der Waals surface area contributed by atoms with Crippen molar-refractivity contribution >= 4 is 11.9 Å². The first-order valence-corrected chi connectivity index (χ1v) is 10.3. The molecule has 0 radical (unpaired) electrons. The average molecular weight is 425 g/mol. The van der Waals surface area contributed by atoms with Crippen LogP contribution in [0, 0.1) is 12.3 Å². The maximum Gasteiger partial charge on any atom is 0.289 e. The number of guanidine groups is 1. The molecule has 3 rings (SSSR count). The lowest BCUT2D eigenvalue weighted by Gasteiger charge is -2.36. The van der Waals surface area contributed by atoms with E-state index in [0.717, 1.165) is 18.1 Å². The van der Waals surface area contributed by atoms with Crippen LogP contribution in [0.3, 0.4) is 0 Å². The lowest BCUT2D eigenvalue weighted by Crippen LogP contribution is -2.53. The van der Waals surface area contributed by atoms with Crippen molar-refractivity contribution in [1.29, 1.82) is 0 Å². The Bertz CT molecular complexity index is 926. The molecule has 31 heavy (non-hydrogen) atoms. The molecule has 0 atom stereocenters. The summed E-state index contributed by atoms with van der Waals surface area (Å²) in [6, 6.07) is 9.11. The molecule has 1 aromatic heterocycles. The van der Waals surface area contributed by atoms with Crippen LogP contribution in [0.25, 0.3) is 0 Å². The number of furan rings is 1. The van der Waals surface area contributed by atoms with E-state index in [9.17, 15) is 4.79 Å². The summed E-state index contributed by atoms with van der Waals surface area (Å²) in [5, 5.41) is 3.34. The predicted octanol–water partition coefficient (Wildman–Crippen LogP) is 2.22. The van der Waals surface area contributed by atoms with E-state index in [4.69, 9.17) is 25.3 Å². The lowest BCUT2D eigenvalue weighted by atomic mass is 10.2. The van der Waals surface area contributed by atoms with Gasteiger partial charge in [0.15, 0.2) is 23.2 Å². The molecule has 8 nitrogen and oxygen atoms in total. The maximum atomic E-state index is 12.5. The fourth-order valence-corrected chi connectivity index (χ4v) is 3.32. The van der Waals surface area contributed by atoms with E-state index in [-0.39, 0.29) is 12.5 Å². The summed E-state index contributed by atoms with van der Waals surface area (Å²) in [6.07, 6.45) is 6.81. The third kappa shape index (κ3) is 5.72. The number of piperazine rings is 1. The Labute approximate surface area is 182 Å². The van der Waals surface area contributed by atoms with Gasteiger partial charge in [0.2, 0.25) is 0 Å². The minimum atomic E-state index is -0.0793. The van der Waals surface area contributed by atoms with Crippen molar-refractivity contribution in [3.63, 3.8) is 0 Å². The molecule has 0 spiro atoms. The number of nitrogens with zero attached hydrogens (tertiary/aromatic N) is 3. The highest BCUT2D eigenvalue weighted by atomic mass is 16.5. The molecule has 164 valence electrons. The fraction of sp³-hybridized carbons (Fsp3) is 0.391. The number of rotatable bonds is 7. The minimum Gasteiger partial charge on any atom is -0.493 e. The number of hydrogen-bond donors (Lipinski definition) is 1. The van der Waals surface area contributed by atoms with Gasteiger partial charge in [-0.05, 0) is 36.8 Å². The van der Waals surface area contributed by atoms with Crippen LogP contribution >= 0.6 is 0 Å². The molecule has 1 aliphatic heterocycles. The van der Waals surface area contributed by atoms with Crippen LogP contribution in [0.2, 0.25) is 0 Å². The van der Waals surface area contributed by atoms with Gasteiger partial charge in [-0.3, -0.25) is 4.79 Å². The molecule has 2 aromatic rings. The van der Waals surface area contributed by atoms with Crippen LogP contribution in [-0.4, -0.2) is 68.1 Å². The number of nitrogens with one attached hydrogen (secondary N) is 1. The second-order valence-electron chi connectivity index (χ2n) is 6.90. The monoisotopic (exact) mass is 424 g/mol. The van der Waals surface area contributed by atoms with Crippen LogP contribution in [0.4, 0.5) is 0 Å². The summed E-state index contributed by atoms with van der Waals surface area (Å²) in [5.74, 6) is 4.80. The van der Waals surface area contributed by atoms with Gasteiger partial charge in [0.25, 0.3) is 5.91 Å². The number of hydrogen-bond acceptors (Lipinski definition) is 5.